The number of aromatic hydroxyl groups is 2. The minimum atomic E-state index is -1.79. The van der Waals surface area contributed by atoms with Crippen LogP contribution in [0.4, 0.5) is 0 Å². The molecule has 1 aliphatic heterocycles. The summed E-state index contributed by atoms with van der Waals surface area (Å²) in [6, 6.07) is 5.36. The van der Waals surface area contributed by atoms with Gasteiger partial charge in [-0.3, -0.25) is 4.79 Å². The highest BCUT2D eigenvalue weighted by atomic mass is 16.7. The molecular weight excluding hydrogens is 480 g/mol. The number of hydrogen-bond acceptors (Lipinski definition) is 12. The lowest BCUT2D eigenvalue weighted by Gasteiger charge is -2.39. The Morgan fingerprint density at radius 3 is 2.42 bits per heavy atom. The maximum Gasteiger partial charge on any atom is 0.229 e. The number of rotatable bonds is 6. The molecule has 5 atom stereocenters. The first-order valence-electron chi connectivity index (χ1n) is 10.9. The summed E-state index contributed by atoms with van der Waals surface area (Å²) in [6.07, 6.45) is -8.12. The molecule has 0 bridgehead atoms. The second-order valence-electron chi connectivity index (χ2n) is 8.28. The van der Waals surface area contributed by atoms with Crippen molar-refractivity contribution in [3.63, 3.8) is 0 Å². The maximum absolute atomic E-state index is 13.6. The van der Waals surface area contributed by atoms with Gasteiger partial charge in [0.1, 0.15) is 59.3 Å². The molecule has 1 aromatic heterocycles. The Hall–Kier alpha value is -3.39. The maximum atomic E-state index is 13.6. The summed E-state index contributed by atoms with van der Waals surface area (Å²) in [5, 5.41) is 70.9. The van der Waals surface area contributed by atoms with Crippen LogP contribution in [0.25, 0.3) is 22.1 Å². The Balaban J connectivity index is 1.90. The molecule has 0 amide bonds. The minimum absolute atomic E-state index is 0.0516. The van der Waals surface area contributed by atoms with Crippen LogP contribution in [0.1, 0.15) is 11.3 Å². The van der Waals surface area contributed by atoms with Gasteiger partial charge in [-0.1, -0.05) is 12.1 Å². The zero-order valence-electron chi connectivity index (χ0n) is 19.3. The average Bonchev–Trinajstić information content (AvgIpc) is 2.87. The Labute approximate surface area is 203 Å². The van der Waals surface area contributed by atoms with Gasteiger partial charge in [-0.15, -0.1) is 0 Å². The van der Waals surface area contributed by atoms with Gasteiger partial charge in [0, 0.05) is 17.2 Å². The average molecular weight is 506 g/mol. The number of ether oxygens (including phenoxy) is 3. The fourth-order valence-corrected chi connectivity index (χ4v) is 4.18. The third-order valence-corrected chi connectivity index (χ3v) is 6.15. The van der Waals surface area contributed by atoms with Crippen molar-refractivity contribution in [1.82, 2.24) is 0 Å². The van der Waals surface area contributed by atoms with Crippen molar-refractivity contribution < 1.29 is 54.4 Å². The second kappa shape index (κ2) is 9.93. The molecule has 3 aromatic rings. The molecule has 2 heterocycles. The van der Waals surface area contributed by atoms with Crippen LogP contribution < -0.4 is 14.9 Å². The van der Waals surface area contributed by atoms with Crippen LogP contribution in [-0.4, -0.2) is 80.2 Å². The Bertz CT molecular complexity index is 1330. The normalized spacial score (nSPS) is 24.1. The van der Waals surface area contributed by atoms with Crippen LogP contribution in [0.3, 0.4) is 0 Å². The van der Waals surface area contributed by atoms with Gasteiger partial charge in [0.25, 0.3) is 0 Å². The summed E-state index contributed by atoms with van der Waals surface area (Å²) in [7, 11) is 1.38. The second-order valence-corrected chi connectivity index (χ2v) is 8.28. The van der Waals surface area contributed by atoms with E-state index in [0.717, 1.165) is 0 Å². The van der Waals surface area contributed by atoms with E-state index in [-0.39, 0.29) is 44.9 Å². The molecule has 0 aliphatic carbocycles. The lowest BCUT2D eigenvalue weighted by atomic mass is 9.98. The Morgan fingerprint density at radius 1 is 1.06 bits per heavy atom. The third kappa shape index (κ3) is 4.13. The van der Waals surface area contributed by atoms with Crippen LogP contribution in [0.2, 0.25) is 0 Å². The first-order chi connectivity index (χ1) is 17.1. The van der Waals surface area contributed by atoms with Crippen molar-refractivity contribution in [2.75, 3.05) is 13.7 Å². The molecule has 1 fully saturated rings. The van der Waals surface area contributed by atoms with Crippen molar-refractivity contribution in [1.29, 1.82) is 0 Å². The minimum Gasteiger partial charge on any atom is -0.507 e. The number of fused-ring (bicyclic) bond motifs is 1. The van der Waals surface area contributed by atoms with E-state index in [1.54, 1.807) is 0 Å². The van der Waals surface area contributed by atoms with Gasteiger partial charge in [0.05, 0.1) is 19.3 Å². The number of aliphatic hydroxyl groups is 5. The zero-order chi connectivity index (χ0) is 26.3. The highest BCUT2D eigenvalue weighted by Gasteiger charge is 2.45. The van der Waals surface area contributed by atoms with Gasteiger partial charge in [-0.05, 0) is 13.0 Å². The largest absolute Gasteiger partial charge is 0.507 e. The van der Waals surface area contributed by atoms with Crippen LogP contribution in [0.15, 0.2) is 33.5 Å². The van der Waals surface area contributed by atoms with Crippen molar-refractivity contribution in [3.05, 3.63) is 45.8 Å². The van der Waals surface area contributed by atoms with E-state index in [9.17, 15) is 40.5 Å². The van der Waals surface area contributed by atoms with Gasteiger partial charge in [-0.25, -0.2) is 0 Å². The number of phenols is 2. The monoisotopic (exact) mass is 506 g/mol. The summed E-state index contributed by atoms with van der Waals surface area (Å²) in [4.78, 5) is 13.6. The van der Waals surface area contributed by atoms with Gasteiger partial charge in [-0.2, -0.15) is 0 Å². The number of para-hydroxylation sites is 1. The van der Waals surface area contributed by atoms with E-state index in [2.05, 4.69) is 0 Å². The first-order valence-corrected chi connectivity index (χ1v) is 10.9. The predicted octanol–water partition coefficient (Wildman–Crippen LogP) is -0.141. The number of hydrogen-bond donors (Lipinski definition) is 7. The molecule has 0 unspecified atom stereocenters. The number of aliphatic hydroxyl groups excluding tert-OH is 5. The molecule has 0 spiro atoms. The van der Waals surface area contributed by atoms with E-state index in [0.29, 0.717) is 0 Å². The molecule has 2 aromatic carbocycles. The highest BCUT2D eigenvalue weighted by molar-refractivity contribution is 5.91. The highest BCUT2D eigenvalue weighted by Crippen LogP contribution is 2.42. The van der Waals surface area contributed by atoms with Crippen molar-refractivity contribution in [3.8, 4) is 34.1 Å². The van der Waals surface area contributed by atoms with Crippen molar-refractivity contribution in [2.24, 2.45) is 0 Å². The summed E-state index contributed by atoms with van der Waals surface area (Å²) in [5.41, 5.74) is -0.870. The zero-order valence-corrected chi connectivity index (χ0v) is 19.3. The van der Waals surface area contributed by atoms with E-state index in [1.165, 1.54) is 38.3 Å². The van der Waals surface area contributed by atoms with Gasteiger partial charge in [0.2, 0.25) is 11.7 Å². The molecule has 36 heavy (non-hydrogen) atoms. The third-order valence-electron chi connectivity index (χ3n) is 6.15. The quantitative estimate of drug-likeness (QED) is 0.234. The lowest BCUT2D eigenvalue weighted by molar-refractivity contribution is -0.277. The van der Waals surface area contributed by atoms with E-state index < -0.39 is 60.8 Å². The molecule has 12 heteroatoms. The smallest absolute Gasteiger partial charge is 0.229 e. The predicted molar refractivity (Wildman–Crippen MR) is 123 cm³/mol. The van der Waals surface area contributed by atoms with Crippen molar-refractivity contribution in [2.45, 2.75) is 44.2 Å². The van der Waals surface area contributed by atoms with Crippen LogP contribution in [0, 0.1) is 6.92 Å². The molecule has 194 valence electrons. The SMILES string of the molecule is COc1cc2oc(CO)c(-c3cccc(O)c3O[C@H]3O[C@@H](CO)[C@H](O)[C@@H](O)[C@@H]3O)c(=O)c2c(O)c1C. The molecule has 1 saturated heterocycles. The topological polar surface area (TPSA) is 200 Å². The molecular formula is C24H26O12. The fourth-order valence-electron chi connectivity index (χ4n) is 4.18. The summed E-state index contributed by atoms with van der Waals surface area (Å²) >= 11 is 0. The van der Waals surface area contributed by atoms with Crippen LogP contribution in [-0.2, 0) is 11.3 Å². The number of phenolic OH excluding ortho intramolecular Hbond substituents is 2. The first kappa shape index (κ1) is 25.7. The Morgan fingerprint density at radius 2 is 1.78 bits per heavy atom. The molecule has 7 N–H and O–H groups in total. The molecule has 0 saturated carbocycles. The molecule has 4 rings (SSSR count). The molecule has 12 nitrogen and oxygen atoms in total. The van der Waals surface area contributed by atoms with Gasteiger partial charge >= 0.3 is 0 Å². The van der Waals surface area contributed by atoms with Crippen molar-refractivity contribution >= 4 is 11.0 Å². The molecule has 1 aliphatic rings. The lowest BCUT2D eigenvalue weighted by Crippen LogP contribution is -2.60. The van der Waals surface area contributed by atoms with E-state index in [1.807, 2.05) is 0 Å². The summed E-state index contributed by atoms with van der Waals surface area (Å²) in [5.74, 6) is -1.25. The van der Waals surface area contributed by atoms with E-state index in [4.69, 9.17) is 18.6 Å². The summed E-state index contributed by atoms with van der Waals surface area (Å²) in [6.45, 7) is 0.0880. The molecule has 0 radical (unpaired) electrons. The Kier molecular flexibility index (Phi) is 7.09. The number of benzene rings is 2. The summed E-state index contributed by atoms with van der Waals surface area (Å²) < 4.78 is 21.9. The van der Waals surface area contributed by atoms with Crippen LogP contribution in [0.5, 0.6) is 23.0 Å². The van der Waals surface area contributed by atoms with Gasteiger partial charge < -0.3 is 54.4 Å². The standard InChI is InChI=1S/C24H26O12/c1-9-12(33-2)6-13-17(18(9)28)20(30)16(14(7-25)34-13)10-4-3-5-11(27)23(10)36-24-22(32)21(31)19(29)15(8-26)35-24/h3-6,15,19,21-22,24-29,31-32H,7-8H2,1-2H3/t15-,19-,21+,22-,24+/m0/s1. The van der Waals surface area contributed by atoms with E-state index >= 15 is 0 Å². The van der Waals surface area contributed by atoms with Crippen LogP contribution >= 0.6 is 0 Å². The number of methoxy groups -OCH3 is 1. The fraction of sp³-hybridized carbons (Fsp3) is 0.375. The van der Waals surface area contributed by atoms with Gasteiger partial charge in [0.15, 0.2) is 11.5 Å².